The molecule has 4 nitrogen and oxygen atoms in total. The number of rotatable bonds is 2. The molecule has 0 aliphatic rings. The van der Waals surface area contributed by atoms with E-state index in [1.807, 2.05) is 99.7 Å². The van der Waals surface area contributed by atoms with Crippen LogP contribution in [0, 0.1) is 0 Å². The lowest BCUT2D eigenvalue weighted by molar-refractivity contribution is 1.07. The fraction of sp³-hybridized carbons (Fsp3) is 0.238. The van der Waals surface area contributed by atoms with Gasteiger partial charge in [-0.1, -0.05) is 148 Å². The van der Waals surface area contributed by atoms with Gasteiger partial charge < -0.3 is 4.57 Å². The van der Waals surface area contributed by atoms with Gasteiger partial charge in [0.1, 0.15) is 0 Å². The van der Waals surface area contributed by atoms with E-state index < -0.39 is 0 Å². The lowest BCUT2D eigenvalue weighted by Gasteiger charge is -2.12. The van der Waals surface area contributed by atoms with E-state index in [1.54, 1.807) is 0 Å². The summed E-state index contributed by atoms with van der Waals surface area (Å²) in [7, 11) is 0. The van der Waals surface area contributed by atoms with Gasteiger partial charge in [0.15, 0.2) is 5.82 Å². The molecule has 0 aliphatic heterocycles. The summed E-state index contributed by atoms with van der Waals surface area (Å²) in [6.45, 7) is 20.0. The van der Waals surface area contributed by atoms with Gasteiger partial charge >= 0.3 is 0 Å². The molecular formula is C42H50N4. The van der Waals surface area contributed by atoms with Gasteiger partial charge in [-0.05, 0) is 36.4 Å². The van der Waals surface area contributed by atoms with E-state index in [4.69, 9.17) is 9.97 Å². The Kier molecular flexibility index (Phi) is 13.5. The molecule has 0 spiro atoms. The first-order valence-corrected chi connectivity index (χ1v) is 17.1. The van der Waals surface area contributed by atoms with Crippen molar-refractivity contribution in [3.8, 4) is 11.5 Å². The standard InChI is InChI=1S/C32H20N4.5C2H6/c1-2-10-21(11-3-1)35-28-16-8-4-12-22(28)24-18-19-25-23-13-5-9-17-29(23)36(32(25)31(24)35)30-20-33-26-14-6-7-15-27(26)34-30;5*1-2/h1-20H;5*1-2H3. The zero-order chi connectivity index (χ0) is 33.6. The van der Waals surface area contributed by atoms with E-state index in [1.165, 1.54) is 32.6 Å². The highest BCUT2D eigenvalue weighted by atomic mass is 15.1. The van der Waals surface area contributed by atoms with Crippen LogP contribution < -0.4 is 0 Å². The maximum atomic E-state index is 5.07. The van der Waals surface area contributed by atoms with Crippen LogP contribution in [0.2, 0.25) is 0 Å². The van der Waals surface area contributed by atoms with Crippen molar-refractivity contribution < 1.29 is 0 Å². The van der Waals surface area contributed by atoms with Crippen LogP contribution in [0.25, 0.3) is 66.2 Å². The second kappa shape index (κ2) is 17.5. The maximum Gasteiger partial charge on any atom is 0.156 e. The van der Waals surface area contributed by atoms with Gasteiger partial charge in [0.05, 0.1) is 39.3 Å². The first kappa shape index (κ1) is 35.5. The Hall–Kier alpha value is -4.96. The van der Waals surface area contributed by atoms with E-state index in [9.17, 15) is 0 Å². The number of para-hydroxylation sites is 5. The average Bonchev–Trinajstić information content (AvgIpc) is 3.69. The van der Waals surface area contributed by atoms with Crippen molar-refractivity contribution in [2.45, 2.75) is 69.2 Å². The summed E-state index contributed by atoms with van der Waals surface area (Å²) in [4.78, 5) is 9.84. The second-order valence-corrected chi connectivity index (χ2v) is 9.12. The molecule has 3 heterocycles. The predicted molar refractivity (Wildman–Crippen MR) is 205 cm³/mol. The smallest absolute Gasteiger partial charge is 0.156 e. The number of benzene rings is 5. The summed E-state index contributed by atoms with van der Waals surface area (Å²) >= 11 is 0. The van der Waals surface area contributed by atoms with Gasteiger partial charge in [-0.3, -0.25) is 9.55 Å². The fourth-order valence-electron chi connectivity index (χ4n) is 5.64. The molecule has 0 radical (unpaired) electrons. The number of aromatic nitrogens is 4. The highest BCUT2D eigenvalue weighted by Gasteiger charge is 2.21. The number of hydrogen-bond donors (Lipinski definition) is 0. The van der Waals surface area contributed by atoms with E-state index in [0.29, 0.717) is 0 Å². The maximum absolute atomic E-state index is 5.07. The van der Waals surface area contributed by atoms with E-state index >= 15 is 0 Å². The van der Waals surface area contributed by atoms with Crippen molar-refractivity contribution in [1.82, 2.24) is 19.1 Å². The van der Waals surface area contributed by atoms with Crippen LogP contribution in [0.4, 0.5) is 0 Å². The monoisotopic (exact) mass is 610 g/mol. The summed E-state index contributed by atoms with van der Waals surface area (Å²) in [6, 6.07) is 40.4. The highest BCUT2D eigenvalue weighted by Crippen LogP contribution is 2.41. The fourth-order valence-corrected chi connectivity index (χ4v) is 5.64. The van der Waals surface area contributed by atoms with Gasteiger partial charge in [-0.25, -0.2) is 4.98 Å². The quantitative estimate of drug-likeness (QED) is 0.195. The van der Waals surface area contributed by atoms with Gasteiger partial charge in [0.25, 0.3) is 0 Å². The van der Waals surface area contributed by atoms with Crippen molar-refractivity contribution in [2.24, 2.45) is 0 Å². The Labute approximate surface area is 275 Å². The molecular weight excluding hydrogens is 560 g/mol. The summed E-state index contributed by atoms with van der Waals surface area (Å²) in [6.07, 6.45) is 1.89. The van der Waals surface area contributed by atoms with Crippen LogP contribution in [0.15, 0.2) is 121 Å². The van der Waals surface area contributed by atoms with Crippen LogP contribution in [0.3, 0.4) is 0 Å². The molecule has 0 aliphatic carbocycles. The molecule has 3 aromatic heterocycles. The van der Waals surface area contributed by atoms with Crippen LogP contribution >= 0.6 is 0 Å². The second-order valence-electron chi connectivity index (χ2n) is 9.12. The Balaban J connectivity index is 0.000000530. The van der Waals surface area contributed by atoms with E-state index in [0.717, 1.165) is 33.6 Å². The van der Waals surface area contributed by atoms with Crippen LogP contribution in [-0.4, -0.2) is 19.1 Å². The van der Waals surface area contributed by atoms with E-state index in [-0.39, 0.29) is 0 Å². The molecule has 0 saturated carbocycles. The Morgan fingerprint density at radius 1 is 0.391 bits per heavy atom. The Morgan fingerprint density at radius 2 is 0.826 bits per heavy atom. The molecule has 238 valence electrons. The molecule has 0 fully saturated rings. The highest BCUT2D eigenvalue weighted by molar-refractivity contribution is 6.23. The van der Waals surface area contributed by atoms with Crippen molar-refractivity contribution >= 4 is 54.6 Å². The summed E-state index contributed by atoms with van der Waals surface area (Å²) in [5, 5.41) is 4.86. The molecule has 8 rings (SSSR count). The number of nitrogens with zero attached hydrogens (tertiary/aromatic N) is 4. The number of hydrogen-bond acceptors (Lipinski definition) is 2. The topological polar surface area (TPSA) is 35.6 Å². The molecule has 0 unspecified atom stereocenters. The Bertz CT molecular complexity index is 2100. The normalized spacial score (nSPS) is 9.96. The van der Waals surface area contributed by atoms with Gasteiger partial charge in [-0.15, -0.1) is 0 Å². The van der Waals surface area contributed by atoms with Crippen molar-refractivity contribution in [2.75, 3.05) is 0 Å². The zero-order valence-electron chi connectivity index (χ0n) is 29.3. The van der Waals surface area contributed by atoms with Crippen LogP contribution in [0.5, 0.6) is 0 Å². The molecule has 0 amide bonds. The van der Waals surface area contributed by atoms with Gasteiger partial charge in [0, 0.05) is 27.2 Å². The van der Waals surface area contributed by atoms with Crippen LogP contribution in [0.1, 0.15) is 69.2 Å². The minimum absolute atomic E-state index is 0.817. The third-order valence-electron chi connectivity index (χ3n) is 7.15. The minimum Gasteiger partial charge on any atom is -0.307 e. The third-order valence-corrected chi connectivity index (χ3v) is 7.15. The summed E-state index contributed by atoms with van der Waals surface area (Å²) in [5.74, 6) is 0.817. The average molecular weight is 611 g/mol. The molecule has 0 N–H and O–H groups in total. The van der Waals surface area contributed by atoms with Crippen molar-refractivity contribution in [3.05, 3.63) is 121 Å². The predicted octanol–water partition coefficient (Wildman–Crippen LogP) is 13.0. The SMILES string of the molecule is CC.CC.CC.CC.CC.c1ccc(-n2c3ccccc3c3ccc4c5ccccc5n(-c5cnc6ccccc6n5)c4c32)cc1. The molecule has 46 heavy (non-hydrogen) atoms. The van der Waals surface area contributed by atoms with E-state index in [2.05, 4.69) is 100 Å². The first-order valence-electron chi connectivity index (χ1n) is 17.1. The third kappa shape index (κ3) is 6.39. The lowest BCUT2D eigenvalue weighted by Crippen LogP contribution is -2.01. The molecule has 0 bridgehead atoms. The molecule has 5 aromatic carbocycles. The zero-order valence-corrected chi connectivity index (χ0v) is 29.3. The summed E-state index contributed by atoms with van der Waals surface area (Å²) in [5.41, 5.74) is 7.53. The van der Waals surface area contributed by atoms with Gasteiger partial charge in [0.2, 0.25) is 0 Å². The molecule has 4 heteroatoms. The molecule has 8 aromatic rings. The lowest BCUT2D eigenvalue weighted by atomic mass is 10.1. The largest absolute Gasteiger partial charge is 0.307 e. The molecule has 0 saturated heterocycles. The molecule has 0 atom stereocenters. The van der Waals surface area contributed by atoms with Crippen molar-refractivity contribution in [1.29, 1.82) is 0 Å². The number of fused-ring (bicyclic) bond motifs is 8. The Morgan fingerprint density at radius 3 is 1.39 bits per heavy atom. The first-order chi connectivity index (χ1) is 22.9. The summed E-state index contributed by atoms with van der Waals surface area (Å²) < 4.78 is 4.67. The van der Waals surface area contributed by atoms with Crippen LogP contribution in [-0.2, 0) is 0 Å². The minimum atomic E-state index is 0.817. The van der Waals surface area contributed by atoms with Crippen molar-refractivity contribution in [3.63, 3.8) is 0 Å². The van der Waals surface area contributed by atoms with Gasteiger partial charge in [-0.2, -0.15) is 0 Å².